The number of guanidine groups is 1. The highest BCUT2D eigenvalue weighted by molar-refractivity contribution is 5.79. The highest BCUT2D eigenvalue weighted by Crippen LogP contribution is 2.49. The van der Waals surface area contributed by atoms with Gasteiger partial charge in [-0.05, 0) is 47.4 Å². The number of hydrogen-bond acceptors (Lipinski definition) is 6. The molecule has 2 N–H and O–H groups in total. The molecular weight excluding hydrogens is 428 g/mol. The average Bonchev–Trinajstić information content (AvgIpc) is 3.16. The Bertz CT molecular complexity index is 1350. The first-order valence-corrected chi connectivity index (χ1v) is 11.3. The van der Waals surface area contributed by atoms with E-state index in [0.29, 0.717) is 24.7 Å². The summed E-state index contributed by atoms with van der Waals surface area (Å²) in [5, 5.41) is 1.52. The number of nitrogens with zero attached hydrogens (tertiary/aromatic N) is 3. The molecule has 0 aliphatic carbocycles. The van der Waals surface area contributed by atoms with Crippen LogP contribution < -0.4 is 15.2 Å². The van der Waals surface area contributed by atoms with Crippen molar-refractivity contribution in [2.45, 2.75) is 24.7 Å². The van der Waals surface area contributed by atoms with Crippen molar-refractivity contribution in [3.8, 4) is 22.6 Å². The van der Waals surface area contributed by atoms with Gasteiger partial charge < -0.3 is 15.2 Å². The van der Waals surface area contributed by atoms with Crippen molar-refractivity contribution < 1.29 is 14.3 Å². The summed E-state index contributed by atoms with van der Waals surface area (Å²) >= 11 is 0. The van der Waals surface area contributed by atoms with Gasteiger partial charge in [-0.25, -0.2) is 19.7 Å². The van der Waals surface area contributed by atoms with Crippen LogP contribution in [-0.4, -0.2) is 30.8 Å². The van der Waals surface area contributed by atoms with E-state index in [4.69, 9.17) is 31.6 Å². The SMILES string of the molecule is [C-]#[N+]c1cccc(-c2ccc3c(c2)C2(CC(C4COc5ccccc5C4)O3)N=C(N)N(C)O2)c1. The van der Waals surface area contributed by atoms with Crippen LogP contribution in [0.1, 0.15) is 17.5 Å². The molecule has 7 heteroatoms. The maximum atomic E-state index is 7.33. The molecule has 0 bridgehead atoms. The fraction of sp³-hybridized carbons (Fsp3) is 0.259. The van der Waals surface area contributed by atoms with Crippen molar-refractivity contribution in [3.05, 3.63) is 89.3 Å². The molecule has 3 aromatic carbocycles. The number of rotatable bonds is 2. The number of hydroxylamine groups is 2. The second kappa shape index (κ2) is 7.79. The van der Waals surface area contributed by atoms with Crippen molar-refractivity contribution in [2.75, 3.05) is 13.7 Å². The minimum absolute atomic E-state index is 0.153. The third-order valence-electron chi connectivity index (χ3n) is 6.80. The quantitative estimate of drug-likeness (QED) is 0.573. The van der Waals surface area contributed by atoms with E-state index < -0.39 is 5.72 Å². The van der Waals surface area contributed by atoms with Crippen LogP contribution in [0, 0.1) is 12.5 Å². The summed E-state index contributed by atoms with van der Waals surface area (Å²) in [6.45, 7) is 7.91. The Balaban J connectivity index is 1.39. The van der Waals surface area contributed by atoms with Gasteiger partial charge in [0.25, 0.3) is 0 Å². The fourth-order valence-electron chi connectivity index (χ4n) is 5.05. The standard InChI is InChI=1S/C27H24N4O3/c1-29-21-8-5-7-17(13-21)18-10-11-24-22(14-18)27(30-26(28)31(2)34-27)15-25(33-24)20-12-19-6-3-4-9-23(19)32-16-20/h3-11,13-14,20,25H,12,15-16H2,2H3,(H2,28,30). The van der Waals surface area contributed by atoms with Crippen LogP contribution in [0.2, 0.25) is 0 Å². The van der Waals surface area contributed by atoms with E-state index in [9.17, 15) is 0 Å². The van der Waals surface area contributed by atoms with Gasteiger partial charge in [0.15, 0.2) is 5.69 Å². The second-order valence-corrected chi connectivity index (χ2v) is 8.96. The lowest BCUT2D eigenvalue weighted by atomic mass is 9.83. The average molecular weight is 453 g/mol. The Morgan fingerprint density at radius 3 is 2.74 bits per heavy atom. The molecule has 3 unspecified atom stereocenters. The van der Waals surface area contributed by atoms with Gasteiger partial charge in [-0.2, -0.15) is 0 Å². The van der Waals surface area contributed by atoms with Crippen LogP contribution in [-0.2, 0) is 17.0 Å². The van der Waals surface area contributed by atoms with Crippen molar-refractivity contribution in [3.63, 3.8) is 0 Å². The van der Waals surface area contributed by atoms with Gasteiger partial charge in [0, 0.05) is 19.4 Å². The van der Waals surface area contributed by atoms with E-state index in [-0.39, 0.29) is 12.0 Å². The van der Waals surface area contributed by atoms with Crippen LogP contribution in [0.4, 0.5) is 5.69 Å². The van der Waals surface area contributed by atoms with Gasteiger partial charge in [0.05, 0.1) is 18.7 Å². The molecule has 34 heavy (non-hydrogen) atoms. The maximum absolute atomic E-state index is 7.33. The topological polar surface area (TPSA) is 73.7 Å². The lowest BCUT2D eigenvalue weighted by Crippen LogP contribution is -2.45. The van der Waals surface area contributed by atoms with E-state index in [1.165, 1.54) is 10.6 Å². The molecule has 0 amide bonds. The largest absolute Gasteiger partial charge is 0.493 e. The predicted octanol–water partition coefficient (Wildman–Crippen LogP) is 4.65. The molecule has 0 radical (unpaired) electrons. The summed E-state index contributed by atoms with van der Waals surface area (Å²) in [6, 6.07) is 21.7. The van der Waals surface area contributed by atoms with Crippen LogP contribution in [0.15, 0.2) is 71.7 Å². The maximum Gasteiger partial charge on any atom is 0.221 e. The highest BCUT2D eigenvalue weighted by atomic mass is 16.7. The third-order valence-corrected chi connectivity index (χ3v) is 6.80. The van der Waals surface area contributed by atoms with Gasteiger partial charge in [0.1, 0.15) is 17.6 Å². The minimum Gasteiger partial charge on any atom is -0.493 e. The highest BCUT2D eigenvalue weighted by Gasteiger charge is 2.50. The first kappa shape index (κ1) is 20.6. The summed E-state index contributed by atoms with van der Waals surface area (Å²) in [7, 11) is 1.76. The van der Waals surface area contributed by atoms with E-state index in [0.717, 1.165) is 34.6 Å². The van der Waals surface area contributed by atoms with E-state index >= 15 is 0 Å². The molecular formula is C27H24N4O3. The number of ether oxygens (including phenoxy) is 2. The van der Waals surface area contributed by atoms with E-state index in [2.05, 4.69) is 10.9 Å². The van der Waals surface area contributed by atoms with Crippen molar-refractivity contribution >= 4 is 11.6 Å². The molecule has 170 valence electrons. The van der Waals surface area contributed by atoms with Gasteiger partial charge in [-0.1, -0.05) is 42.5 Å². The van der Waals surface area contributed by atoms with Crippen LogP contribution in [0.5, 0.6) is 11.5 Å². The van der Waals surface area contributed by atoms with Crippen molar-refractivity contribution in [2.24, 2.45) is 16.6 Å². The summed E-state index contributed by atoms with van der Waals surface area (Å²) in [4.78, 5) is 14.6. The number of benzene rings is 3. The molecule has 0 saturated carbocycles. The molecule has 6 rings (SSSR count). The molecule has 3 atom stereocenters. The van der Waals surface area contributed by atoms with Crippen LogP contribution >= 0.6 is 0 Å². The van der Waals surface area contributed by atoms with Crippen molar-refractivity contribution in [1.82, 2.24) is 5.06 Å². The Morgan fingerprint density at radius 2 is 1.91 bits per heavy atom. The lowest BCUT2D eigenvalue weighted by Gasteiger charge is -2.41. The second-order valence-electron chi connectivity index (χ2n) is 8.96. The van der Waals surface area contributed by atoms with Crippen molar-refractivity contribution in [1.29, 1.82) is 0 Å². The lowest BCUT2D eigenvalue weighted by molar-refractivity contribution is -0.195. The summed E-state index contributed by atoms with van der Waals surface area (Å²) in [5.41, 5.74) is 9.73. The molecule has 3 aromatic rings. The third kappa shape index (κ3) is 3.35. The summed E-state index contributed by atoms with van der Waals surface area (Å²) < 4.78 is 12.6. The number of nitrogens with two attached hydrogens (primary N) is 1. The number of hydrogen-bond donors (Lipinski definition) is 1. The molecule has 7 nitrogen and oxygen atoms in total. The van der Waals surface area contributed by atoms with Gasteiger partial charge >= 0.3 is 0 Å². The van der Waals surface area contributed by atoms with E-state index in [1.807, 2.05) is 54.6 Å². The molecule has 0 aromatic heterocycles. The Hall–Kier alpha value is -4.02. The first-order chi connectivity index (χ1) is 16.5. The Kier molecular flexibility index (Phi) is 4.71. The number of fused-ring (bicyclic) bond motifs is 3. The Labute approximate surface area is 198 Å². The normalized spacial score (nSPS) is 24.9. The monoisotopic (exact) mass is 452 g/mol. The fourth-order valence-corrected chi connectivity index (χ4v) is 5.05. The minimum atomic E-state index is -0.971. The number of aliphatic imine (C=N–C) groups is 1. The molecule has 3 heterocycles. The smallest absolute Gasteiger partial charge is 0.221 e. The zero-order chi connectivity index (χ0) is 23.3. The van der Waals surface area contributed by atoms with Gasteiger partial charge in [0.2, 0.25) is 11.7 Å². The number of para-hydroxylation sites is 1. The molecule has 0 fully saturated rings. The molecule has 3 aliphatic rings. The van der Waals surface area contributed by atoms with Gasteiger partial charge in [-0.3, -0.25) is 0 Å². The summed E-state index contributed by atoms with van der Waals surface area (Å²) in [5.74, 6) is 2.15. The molecule has 0 saturated heterocycles. The summed E-state index contributed by atoms with van der Waals surface area (Å²) in [6.07, 6.45) is 1.23. The molecule has 3 aliphatic heterocycles. The zero-order valence-electron chi connectivity index (χ0n) is 18.8. The Morgan fingerprint density at radius 1 is 1.06 bits per heavy atom. The van der Waals surface area contributed by atoms with Gasteiger partial charge in [-0.15, -0.1) is 0 Å². The first-order valence-electron chi connectivity index (χ1n) is 11.3. The van der Waals surface area contributed by atoms with Crippen LogP contribution in [0.3, 0.4) is 0 Å². The van der Waals surface area contributed by atoms with E-state index in [1.54, 1.807) is 13.1 Å². The van der Waals surface area contributed by atoms with Crippen LogP contribution in [0.25, 0.3) is 16.0 Å². The molecule has 1 spiro atoms. The predicted molar refractivity (Wildman–Crippen MR) is 128 cm³/mol. The zero-order valence-corrected chi connectivity index (χ0v) is 18.8.